The largest absolute Gasteiger partial charge is 0.522 e. The molecule has 1 nitrogen and oxygen atoms in total. The summed E-state index contributed by atoms with van der Waals surface area (Å²) in [4.78, 5) is 0. The van der Waals surface area contributed by atoms with Crippen LogP contribution in [0.25, 0.3) is 0 Å². The standard InChI is InChI=1S/C7H7O.C2H6.Y/c1-8-7-5-3-2-4-6-7;1-2;/h3-6H,1H3;1-2H3;/q-1;;. The van der Waals surface area contributed by atoms with E-state index in [9.17, 15) is 0 Å². The van der Waals surface area contributed by atoms with Crippen LogP contribution in [0.1, 0.15) is 13.8 Å². The molecule has 0 atom stereocenters. The third-order valence-electron chi connectivity index (χ3n) is 0.923. The Balaban J connectivity index is 0. The molecule has 59 valence electrons. The van der Waals surface area contributed by atoms with Crippen LogP contribution in [0.5, 0.6) is 5.75 Å². The summed E-state index contributed by atoms with van der Waals surface area (Å²) in [5, 5.41) is 0. The zero-order valence-corrected chi connectivity index (χ0v) is 10.1. The van der Waals surface area contributed by atoms with Gasteiger partial charge in [0.15, 0.2) is 0 Å². The van der Waals surface area contributed by atoms with E-state index in [1.807, 2.05) is 38.1 Å². The van der Waals surface area contributed by atoms with Crippen LogP contribution < -0.4 is 4.74 Å². The van der Waals surface area contributed by atoms with E-state index < -0.39 is 0 Å². The van der Waals surface area contributed by atoms with Gasteiger partial charge in [-0.1, -0.05) is 13.8 Å². The van der Waals surface area contributed by atoms with E-state index in [-0.39, 0.29) is 32.7 Å². The second-order valence-electron chi connectivity index (χ2n) is 1.44. The molecule has 0 aliphatic rings. The van der Waals surface area contributed by atoms with Crippen LogP contribution in [0.2, 0.25) is 0 Å². The van der Waals surface area contributed by atoms with Gasteiger partial charge in [-0.2, -0.15) is 18.2 Å². The van der Waals surface area contributed by atoms with Crippen molar-refractivity contribution in [2.45, 2.75) is 13.8 Å². The number of methoxy groups -OCH3 is 1. The minimum atomic E-state index is 0. The number of benzene rings is 1. The predicted molar refractivity (Wildman–Crippen MR) is 43.2 cm³/mol. The molecule has 1 aromatic rings. The molecule has 1 aromatic carbocycles. The fraction of sp³-hybridized carbons (Fsp3) is 0.333. The second kappa shape index (κ2) is 10.1. The summed E-state index contributed by atoms with van der Waals surface area (Å²) in [6.45, 7) is 4.00. The van der Waals surface area contributed by atoms with Crippen molar-refractivity contribution in [1.82, 2.24) is 0 Å². The van der Waals surface area contributed by atoms with Gasteiger partial charge in [-0.25, -0.2) is 0 Å². The topological polar surface area (TPSA) is 9.23 Å². The molecule has 0 aliphatic heterocycles. The van der Waals surface area contributed by atoms with E-state index in [1.54, 1.807) is 7.11 Å². The van der Waals surface area contributed by atoms with E-state index in [0.29, 0.717) is 0 Å². The molecule has 0 unspecified atom stereocenters. The van der Waals surface area contributed by atoms with Gasteiger partial charge in [0, 0.05) is 38.5 Å². The van der Waals surface area contributed by atoms with Crippen molar-refractivity contribution in [3.05, 3.63) is 30.3 Å². The first-order chi connectivity index (χ1) is 4.93. The molecular formula is C9H13OY-. The Kier molecular flexibility index (Phi) is 12.6. The van der Waals surface area contributed by atoms with Crippen molar-refractivity contribution >= 4 is 0 Å². The van der Waals surface area contributed by atoms with Gasteiger partial charge in [0.2, 0.25) is 0 Å². The summed E-state index contributed by atoms with van der Waals surface area (Å²) in [6.07, 6.45) is 0. The van der Waals surface area contributed by atoms with Gasteiger partial charge in [0.1, 0.15) is 0 Å². The molecule has 0 saturated carbocycles. The van der Waals surface area contributed by atoms with Crippen LogP contribution in [0.4, 0.5) is 0 Å². The van der Waals surface area contributed by atoms with Crippen molar-refractivity contribution < 1.29 is 37.4 Å². The Morgan fingerprint density at radius 2 is 1.64 bits per heavy atom. The minimum Gasteiger partial charge on any atom is -0.522 e. The molecule has 1 radical (unpaired) electrons. The number of hydrogen-bond donors (Lipinski definition) is 0. The fourth-order valence-electron chi connectivity index (χ4n) is 0.508. The summed E-state index contributed by atoms with van der Waals surface area (Å²) < 4.78 is 4.89. The molecule has 0 aromatic heterocycles. The van der Waals surface area contributed by atoms with Gasteiger partial charge in [-0.15, -0.1) is 12.1 Å². The Hall–Kier alpha value is 0.124. The Labute approximate surface area is 94.0 Å². The first-order valence-electron chi connectivity index (χ1n) is 3.43. The zero-order valence-electron chi connectivity index (χ0n) is 7.29. The normalized spacial score (nSPS) is 6.82. The quantitative estimate of drug-likeness (QED) is 0.668. The van der Waals surface area contributed by atoms with Gasteiger partial charge in [0.05, 0.1) is 7.11 Å². The van der Waals surface area contributed by atoms with Gasteiger partial charge in [-0.05, 0) is 0 Å². The van der Waals surface area contributed by atoms with Crippen LogP contribution in [0.3, 0.4) is 0 Å². The van der Waals surface area contributed by atoms with Crippen LogP contribution in [-0.2, 0) is 32.7 Å². The molecule has 11 heavy (non-hydrogen) atoms. The van der Waals surface area contributed by atoms with Crippen LogP contribution in [0.15, 0.2) is 24.3 Å². The zero-order chi connectivity index (χ0) is 7.82. The summed E-state index contributed by atoms with van der Waals surface area (Å²) in [5.74, 6) is 0.878. The molecule has 0 spiro atoms. The number of hydrogen-bond acceptors (Lipinski definition) is 1. The fourth-order valence-corrected chi connectivity index (χ4v) is 0.508. The third-order valence-corrected chi connectivity index (χ3v) is 0.923. The molecule has 0 N–H and O–H groups in total. The third kappa shape index (κ3) is 6.52. The maximum absolute atomic E-state index is 4.89. The predicted octanol–water partition coefficient (Wildman–Crippen LogP) is 2.52. The summed E-state index contributed by atoms with van der Waals surface area (Å²) in [7, 11) is 1.65. The van der Waals surface area contributed by atoms with E-state index >= 15 is 0 Å². The molecule has 0 aliphatic carbocycles. The SMILES string of the molecule is CC.COc1cc[c-]cc1.[Y]. The van der Waals surface area contributed by atoms with Gasteiger partial charge in [0.25, 0.3) is 0 Å². The summed E-state index contributed by atoms with van der Waals surface area (Å²) in [6, 6.07) is 10.2. The molecule has 2 heteroatoms. The molecular weight excluding hydrogens is 213 g/mol. The molecule has 0 bridgehead atoms. The average Bonchev–Trinajstić information content (AvgIpc) is 2.10. The maximum Gasteiger partial charge on any atom is 0.0743 e. The smallest absolute Gasteiger partial charge is 0.0743 e. The first kappa shape index (κ1) is 13.7. The molecule has 0 saturated heterocycles. The van der Waals surface area contributed by atoms with E-state index in [4.69, 9.17) is 4.74 Å². The van der Waals surface area contributed by atoms with E-state index in [2.05, 4.69) is 6.07 Å². The van der Waals surface area contributed by atoms with Crippen LogP contribution >= 0.6 is 0 Å². The minimum absolute atomic E-state index is 0. The van der Waals surface area contributed by atoms with Crippen molar-refractivity contribution in [2.24, 2.45) is 0 Å². The van der Waals surface area contributed by atoms with Crippen LogP contribution in [0, 0.1) is 6.07 Å². The van der Waals surface area contributed by atoms with Crippen molar-refractivity contribution in [3.8, 4) is 5.75 Å². The number of ether oxygens (including phenoxy) is 1. The Bertz CT molecular complexity index is 151. The Morgan fingerprint density at radius 1 is 1.18 bits per heavy atom. The molecule has 0 fully saturated rings. The van der Waals surface area contributed by atoms with Gasteiger partial charge < -0.3 is 4.74 Å². The maximum atomic E-state index is 4.89. The van der Waals surface area contributed by atoms with E-state index in [1.165, 1.54) is 0 Å². The summed E-state index contributed by atoms with van der Waals surface area (Å²) in [5.41, 5.74) is 0. The van der Waals surface area contributed by atoms with E-state index in [0.717, 1.165) is 5.75 Å². The van der Waals surface area contributed by atoms with Gasteiger partial charge >= 0.3 is 0 Å². The monoisotopic (exact) mass is 226 g/mol. The first-order valence-corrected chi connectivity index (χ1v) is 3.43. The summed E-state index contributed by atoms with van der Waals surface area (Å²) >= 11 is 0. The molecule has 1 rings (SSSR count). The van der Waals surface area contributed by atoms with Crippen molar-refractivity contribution in [1.29, 1.82) is 0 Å². The Morgan fingerprint density at radius 3 is 1.91 bits per heavy atom. The van der Waals surface area contributed by atoms with Crippen molar-refractivity contribution in [2.75, 3.05) is 7.11 Å². The van der Waals surface area contributed by atoms with Crippen LogP contribution in [-0.4, -0.2) is 7.11 Å². The molecule has 0 heterocycles. The average molecular weight is 226 g/mol. The number of rotatable bonds is 1. The second-order valence-corrected chi connectivity index (χ2v) is 1.44. The van der Waals surface area contributed by atoms with Gasteiger partial charge in [-0.3, -0.25) is 0 Å². The van der Waals surface area contributed by atoms with Crippen molar-refractivity contribution in [3.63, 3.8) is 0 Å². The molecule has 0 amide bonds.